The Balaban J connectivity index is 1.74. The summed E-state index contributed by atoms with van der Waals surface area (Å²) < 4.78 is 5.95. The van der Waals surface area contributed by atoms with Crippen molar-refractivity contribution >= 4 is 35.1 Å². The van der Waals surface area contributed by atoms with Crippen molar-refractivity contribution < 1.29 is 9.53 Å². The van der Waals surface area contributed by atoms with Crippen LogP contribution in [-0.2, 0) is 4.79 Å². The second kappa shape index (κ2) is 6.92. The van der Waals surface area contributed by atoms with E-state index < -0.39 is 0 Å². The molecule has 1 amide bonds. The van der Waals surface area contributed by atoms with Crippen LogP contribution in [0.3, 0.4) is 0 Å². The number of nitrogens with zero attached hydrogens (tertiary/aromatic N) is 1. The van der Waals surface area contributed by atoms with E-state index in [2.05, 4.69) is 10.5 Å². The molecule has 0 unspecified atom stereocenters. The molecule has 6 heteroatoms. The quantitative estimate of drug-likeness (QED) is 0.681. The number of nitrogens with one attached hydrogen (secondary N) is 1. The zero-order valence-electron chi connectivity index (χ0n) is 9.88. The van der Waals surface area contributed by atoms with E-state index in [9.17, 15) is 4.79 Å². The highest BCUT2D eigenvalue weighted by Crippen LogP contribution is 2.19. The second-order valence-electron chi connectivity index (χ2n) is 3.54. The highest BCUT2D eigenvalue weighted by molar-refractivity contribution is 7.17. The molecule has 0 aliphatic heterocycles. The molecule has 0 saturated heterocycles. The number of benzene rings is 1. The molecule has 98 valence electrons. The van der Waals surface area contributed by atoms with E-state index in [-0.39, 0.29) is 12.5 Å². The summed E-state index contributed by atoms with van der Waals surface area (Å²) in [6.07, 6.45) is 1.54. The first-order valence-electron chi connectivity index (χ1n) is 5.49. The Hall–Kier alpha value is -1.85. The molecule has 0 bridgehead atoms. The minimum atomic E-state index is -0.317. The number of thiophene rings is 1. The summed E-state index contributed by atoms with van der Waals surface area (Å²) in [6.45, 7) is -0.0768. The molecule has 2 aromatic rings. The average molecular weight is 295 g/mol. The Bertz CT molecular complexity index is 569. The standard InChI is InChI=1S/C13H11ClN2O2S/c14-12-7-6-11(19-12)8-15-16-13(17)9-18-10-4-2-1-3-5-10/h1-8H,9H2,(H,16,17). The number of carbonyl (C=O) groups excluding carboxylic acids is 1. The van der Waals surface area contributed by atoms with E-state index in [1.807, 2.05) is 24.3 Å². The maximum Gasteiger partial charge on any atom is 0.277 e. The molecule has 0 fully saturated rings. The van der Waals surface area contributed by atoms with Gasteiger partial charge in [0.2, 0.25) is 0 Å². The van der Waals surface area contributed by atoms with Crippen molar-refractivity contribution in [3.8, 4) is 5.75 Å². The summed E-state index contributed by atoms with van der Waals surface area (Å²) in [5.74, 6) is 0.328. The second-order valence-corrected chi connectivity index (χ2v) is 5.28. The van der Waals surface area contributed by atoms with Crippen LogP contribution < -0.4 is 10.2 Å². The van der Waals surface area contributed by atoms with Gasteiger partial charge in [0.25, 0.3) is 5.91 Å². The molecule has 1 aromatic heterocycles. The summed E-state index contributed by atoms with van der Waals surface area (Å²) >= 11 is 7.15. The number of hydrazone groups is 1. The van der Waals surface area contributed by atoms with Crippen LogP contribution in [0.4, 0.5) is 0 Å². The van der Waals surface area contributed by atoms with Gasteiger partial charge in [-0.25, -0.2) is 5.43 Å². The van der Waals surface area contributed by atoms with Crippen molar-refractivity contribution in [3.63, 3.8) is 0 Å². The van der Waals surface area contributed by atoms with Crippen LogP contribution in [0.2, 0.25) is 4.34 Å². The lowest BCUT2D eigenvalue weighted by molar-refractivity contribution is -0.123. The number of amides is 1. The van der Waals surface area contributed by atoms with Gasteiger partial charge in [-0.3, -0.25) is 4.79 Å². The van der Waals surface area contributed by atoms with Crippen LogP contribution in [-0.4, -0.2) is 18.7 Å². The molecule has 1 N–H and O–H groups in total. The van der Waals surface area contributed by atoms with Gasteiger partial charge in [0.05, 0.1) is 10.6 Å². The zero-order chi connectivity index (χ0) is 13.5. The smallest absolute Gasteiger partial charge is 0.277 e. The monoisotopic (exact) mass is 294 g/mol. The minimum Gasteiger partial charge on any atom is -0.484 e. The molecule has 0 saturated carbocycles. The Labute approximate surface area is 119 Å². The van der Waals surface area contributed by atoms with Gasteiger partial charge in [-0.1, -0.05) is 29.8 Å². The molecule has 2 rings (SSSR count). The first-order chi connectivity index (χ1) is 9.24. The molecule has 0 aliphatic carbocycles. The molecule has 0 atom stereocenters. The van der Waals surface area contributed by atoms with E-state index in [4.69, 9.17) is 16.3 Å². The van der Waals surface area contributed by atoms with Crippen molar-refractivity contribution in [2.75, 3.05) is 6.61 Å². The van der Waals surface area contributed by atoms with Gasteiger partial charge >= 0.3 is 0 Å². The highest BCUT2D eigenvalue weighted by atomic mass is 35.5. The van der Waals surface area contributed by atoms with Crippen LogP contribution in [0.5, 0.6) is 5.75 Å². The van der Waals surface area contributed by atoms with E-state index in [1.54, 1.807) is 18.2 Å². The van der Waals surface area contributed by atoms with Gasteiger partial charge in [0, 0.05) is 4.88 Å². The van der Waals surface area contributed by atoms with E-state index in [0.29, 0.717) is 10.1 Å². The molecule has 0 radical (unpaired) electrons. The fourth-order valence-corrected chi connectivity index (χ4v) is 2.20. The normalized spacial score (nSPS) is 10.6. The van der Waals surface area contributed by atoms with Crippen molar-refractivity contribution in [1.82, 2.24) is 5.43 Å². The lowest BCUT2D eigenvalue weighted by atomic mass is 10.3. The average Bonchev–Trinajstić information content (AvgIpc) is 2.83. The third-order valence-electron chi connectivity index (χ3n) is 2.09. The number of rotatable bonds is 5. The summed E-state index contributed by atoms with van der Waals surface area (Å²) in [4.78, 5) is 12.3. The van der Waals surface area contributed by atoms with Crippen LogP contribution in [0.1, 0.15) is 4.88 Å². The van der Waals surface area contributed by atoms with Crippen LogP contribution in [0.25, 0.3) is 0 Å². The Morgan fingerprint density at radius 1 is 1.32 bits per heavy atom. The van der Waals surface area contributed by atoms with E-state index in [1.165, 1.54) is 17.6 Å². The maximum absolute atomic E-state index is 11.4. The maximum atomic E-state index is 11.4. The number of hydrogen-bond acceptors (Lipinski definition) is 4. The summed E-state index contributed by atoms with van der Waals surface area (Å²) in [5.41, 5.74) is 2.38. The molecule has 1 heterocycles. The van der Waals surface area contributed by atoms with Gasteiger partial charge in [-0.2, -0.15) is 5.10 Å². The summed E-state index contributed by atoms with van der Waals surface area (Å²) in [7, 11) is 0. The fraction of sp³-hybridized carbons (Fsp3) is 0.0769. The first kappa shape index (κ1) is 13.6. The Morgan fingerprint density at radius 2 is 2.11 bits per heavy atom. The van der Waals surface area contributed by atoms with Crippen LogP contribution >= 0.6 is 22.9 Å². The van der Waals surface area contributed by atoms with Gasteiger partial charge in [0.15, 0.2) is 6.61 Å². The minimum absolute atomic E-state index is 0.0768. The third kappa shape index (κ3) is 4.73. The molecular weight excluding hydrogens is 284 g/mol. The SMILES string of the molecule is O=C(COc1ccccc1)NN=Cc1ccc(Cl)s1. The Kier molecular flexibility index (Phi) is 4.94. The summed E-state index contributed by atoms with van der Waals surface area (Å²) in [6, 6.07) is 12.7. The zero-order valence-corrected chi connectivity index (χ0v) is 11.4. The number of hydrogen-bond donors (Lipinski definition) is 1. The van der Waals surface area contributed by atoms with E-state index >= 15 is 0 Å². The van der Waals surface area contributed by atoms with Crippen molar-refractivity contribution in [3.05, 3.63) is 51.7 Å². The first-order valence-corrected chi connectivity index (χ1v) is 6.68. The number of ether oxygens (including phenoxy) is 1. The number of carbonyl (C=O) groups is 1. The molecule has 0 aliphatic rings. The molecule has 0 spiro atoms. The van der Waals surface area contributed by atoms with E-state index in [0.717, 1.165) is 4.88 Å². The Morgan fingerprint density at radius 3 is 2.79 bits per heavy atom. The largest absolute Gasteiger partial charge is 0.484 e. The lowest BCUT2D eigenvalue weighted by Crippen LogP contribution is -2.24. The van der Waals surface area contributed by atoms with Gasteiger partial charge in [0.1, 0.15) is 5.75 Å². The lowest BCUT2D eigenvalue weighted by Gasteiger charge is -2.03. The molecule has 1 aromatic carbocycles. The number of halogens is 1. The highest BCUT2D eigenvalue weighted by Gasteiger charge is 2.00. The predicted octanol–water partition coefficient (Wildman–Crippen LogP) is 2.93. The third-order valence-corrected chi connectivity index (χ3v) is 3.25. The van der Waals surface area contributed by atoms with Gasteiger partial charge in [-0.05, 0) is 24.3 Å². The van der Waals surface area contributed by atoms with Crippen molar-refractivity contribution in [2.24, 2.45) is 5.10 Å². The molecule has 19 heavy (non-hydrogen) atoms. The van der Waals surface area contributed by atoms with Crippen LogP contribution in [0.15, 0.2) is 47.6 Å². The van der Waals surface area contributed by atoms with Crippen LogP contribution in [0, 0.1) is 0 Å². The topological polar surface area (TPSA) is 50.7 Å². The van der Waals surface area contributed by atoms with Crippen molar-refractivity contribution in [1.29, 1.82) is 0 Å². The fourth-order valence-electron chi connectivity index (χ4n) is 1.26. The summed E-state index contributed by atoms with van der Waals surface area (Å²) in [5, 5.41) is 3.81. The molecule has 4 nitrogen and oxygen atoms in total. The van der Waals surface area contributed by atoms with Crippen molar-refractivity contribution in [2.45, 2.75) is 0 Å². The predicted molar refractivity (Wildman–Crippen MR) is 77.0 cm³/mol. The van der Waals surface area contributed by atoms with Gasteiger partial charge in [-0.15, -0.1) is 11.3 Å². The number of para-hydroxylation sites is 1. The van der Waals surface area contributed by atoms with Gasteiger partial charge < -0.3 is 4.74 Å². The molecular formula is C13H11ClN2O2S.